The van der Waals surface area contributed by atoms with Crippen molar-refractivity contribution in [3.63, 3.8) is 0 Å². The van der Waals surface area contributed by atoms with Gasteiger partial charge in [-0.05, 0) is 47.7 Å². The molecule has 1 fully saturated rings. The van der Waals surface area contributed by atoms with Crippen LogP contribution in [-0.2, 0) is 4.43 Å². The quantitative estimate of drug-likeness (QED) is 0.548. The highest BCUT2D eigenvalue weighted by Gasteiger charge is 2.37. The van der Waals surface area contributed by atoms with E-state index in [-0.39, 0.29) is 12.1 Å². The van der Waals surface area contributed by atoms with Gasteiger partial charge in [-0.2, -0.15) is 0 Å². The Labute approximate surface area is 192 Å². The molecule has 1 heterocycles. The van der Waals surface area contributed by atoms with Crippen LogP contribution in [-0.4, -0.2) is 49.6 Å². The van der Waals surface area contributed by atoms with E-state index < -0.39 is 15.4 Å². The summed E-state index contributed by atoms with van der Waals surface area (Å²) in [5.41, 5.74) is 1.72. The highest BCUT2D eigenvalue weighted by molar-refractivity contribution is 6.96. The molecule has 0 bridgehead atoms. The summed E-state index contributed by atoms with van der Waals surface area (Å²) < 4.78 is 6.98. The van der Waals surface area contributed by atoms with Crippen LogP contribution in [0.15, 0.2) is 84.9 Å². The van der Waals surface area contributed by atoms with Gasteiger partial charge in [-0.15, -0.1) is 0 Å². The largest absolute Gasteiger partial charge is 0.488 e. The molecule has 2 N–H and O–H groups in total. The minimum Gasteiger partial charge on any atom is -0.423 e. The number of piperidine rings is 1. The molecule has 4 nitrogen and oxygen atoms in total. The van der Waals surface area contributed by atoms with Crippen molar-refractivity contribution in [2.24, 2.45) is 0 Å². The third-order valence-corrected chi connectivity index (χ3v) is 10.5. The maximum atomic E-state index is 9.32. The Hall–Kier alpha value is -2.22. The Balaban J connectivity index is 1.44. The van der Waals surface area contributed by atoms with Gasteiger partial charge in [0.25, 0.3) is 8.32 Å². The summed E-state index contributed by atoms with van der Waals surface area (Å²) in [6.07, 6.45) is 2.28. The van der Waals surface area contributed by atoms with Crippen LogP contribution in [0.2, 0.25) is 6.55 Å². The van der Waals surface area contributed by atoms with Crippen LogP contribution in [0.25, 0.3) is 0 Å². The molecule has 166 valence electrons. The first-order valence-electron chi connectivity index (χ1n) is 11.5. The first-order chi connectivity index (χ1) is 15.5. The van der Waals surface area contributed by atoms with Crippen LogP contribution < -0.4 is 15.8 Å². The highest BCUT2D eigenvalue weighted by atomic mass is 28.4. The predicted octanol–water partition coefficient (Wildman–Crippen LogP) is 2.30. The zero-order valence-corrected chi connectivity index (χ0v) is 19.9. The van der Waals surface area contributed by atoms with Crippen molar-refractivity contribution in [3.8, 4) is 0 Å². The van der Waals surface area contributed by atoms with Gasteiger partial charge in [0.15, 0.2) is 0 Å². The zero-order chi connectivity index (χ0) is 22.6. The number of benzene rings is 3. The molecule has 0 spiro atoms. The lowest BCUT2D eigenvalue weighted by Gasteiger charge is -2.40. The molecule has 1 aliphatic rings. The van der Waals surface area contributed by atoms with E-state index in [1.165, 1.54) is 15.9 Å². The van der Waals surface area contributed by atoms with Gasteiger partial charge in [-0.1, -0.05) is 84.9 Å². The van der Waals surface area contributed by atoms with E-state index in [0.717, 1.165) is 25.9 Å². The summed E-state index contributed by atoms with van der Waals surface area (Å²) >= 11 is 0. The van der Waals surface area contributed by atoms with Gasteiger partial charge in [0.05, 0.1) is 0 Å². The minimum atomic E-state index is -2.29. The van der Waals surface area contributed by atoms with Crippen LogP contribution in [0.5, 0.6) is 0 Å². The summed E-state index contributed by atoms with van der Waals surface area (Å²) in [6, 6.07) is 29.3. The summed E-state index contributed by atoms with van der Waals surface area (Å²) in [6.45, 7) is 6.52. The fourth-order valence-corrected chi connectivity index (χ4v) is 7.85. The predicted molar refractivity (Wildman–Crippen MR) is 134 cm³/mol. The minimum absolute atomic E-state index is 0.252. The first-order valence-corrected chi connectivity index (χ1v) is 13.9. The van der Waals surface area contributed by atoms with Crippen molar-refractivity contribution < 1.29 is 14.5 Å². The molecule has 1 atom stereocenters. The molecular weight excluding hydrogens is 413 g/mol. The summed E-state index contributed by atoms with van der Waals surface area (Å²) in [4.78, 5) is 2.49. The third kappa shape index (κ3) is 5.06. The third-order valence-electron chi connectivity index (χ3n) is 6.79. The Kier molecular flexibility index (Phi) is 7.28. The number of likely N-dealkylation sites (tertiary alicyclic amines) is 1. The average Bonchev–Trinajstić information content (AvgIpc) is 2.85. The number of hydrogen-bond donors (Lipinski definition) is 2. The van der Waals surface area contributed by atoms with E-state index in [9.17, 15) is 10.0 Å². The van der Waals surface area contributed by atoms with E-state index in [1.54, 1.807) is 12.1 Å². The first kappa shape index (κ1) is 23.0. The summed E-state index contributed by atoms with van der Waals surface area (Å²) in [5.74, 6) is 0. The molecule has 0 saturated carbocycles. The highest BCUT2D eigenvalue weighted by Crippen LogP contribution is 2.26. The maximum absolute atomic E-state index is 9.32. The normalized spacial score (nSPS) is 16.6. The molecule has 6 heteroatoms. The van der Waals surface area contributed by atoms with Gasteiger partial charge in [0.2, 0.25) is 0 Å². The van der Waals surface area contributed by atoms with E-state index >= 15 is 0 Å². The molecule has 3 aromatic carbocycles. The van der Waals surface area contributed by atoms with Gasteiger partial charge in [0.1, 0.15) is 0 Å². The number of rotatable bonds is 7. The van der Waals surface area contributed by atoms with Crippen molar-refractivity contribution in [1.29, 1.82) is 0 Å². The van der Waals surface area contributed by atoms with Crippen molar-refractivity contribution in [3.05, 3.63) is 90.5 Å². The van der Waals surface area contributed by atoms with Crippen molar-refractivity contribution in [2.45, 2.75) is 38.5 Å². The van der Waals surface area contributed by atoms with Gasteiger partial charge in [0, 0.05) is 25.2 Å². The molecule has 4 rings (SSSR count). The molecule has 32 heavy (non-hydrogen) atoms. The molecule has 0 aliphatic carbocycles. The van der Waals surface area contributed by atoms with Gasteiger partial charge < -0.3 is 14.5 Å². The number of nitrogens with zero attached hydrogens (tertiary/aromatic N) is 1. The Morgan fingerprint density at radius 1 is 0.844 bits per heavy atom. The Morgan fingerprint density at radius 2 is 1.34 bits per heavy atom. The molecule has 0 radical (unpaired) electrons. The van der Waals surface area contributed by atoms with E-state index in [1.807, 2.05) is 12.1 Å². The molecule has 0 aromatic heterocycles. The summed E-state index contributed by atoms with van der Waals surface area (Å²) in [7, 11) is -3.70. The van der Waals surface area contributed by atoms with E-state index in [0.29, 0.717) is 5.46 Å². The lowest BCUT2D eigenvalue weighted by molar-refractivity contribution is 0.0777. The van der Waals surface area contributed by atoms with Gasteiger partial charge in [-0.3, -0.25) is 4.90 Å². The molecule has 3 aromatic rings. The van der Waals surface area contributed by atoms with Crippen LogP contribution in [0.1, 0.15) is 31.4 Å². The maximum Gasteiger partial charge on any atom is 0.488 e. The SMILES string of the molecule is CC(c1ccc(B(O)O)cc1)N1CCC(O[Si](C)(c2ccccc2)c2ccccc2)CC1. The molecule has 1 unspecified atom stereocenters. The molecular formula is C26H32BNO3Si. The zero-order valence-electron chi connectivity index (χ0n) is 18.9. The van der Waals surface area contributed by atoms with E-state index in [4.69, 9.17) is 4.43 Å². The monoisotopic (exact) mass is 445 g/mol. The van der Waals surface area contributed by atoms with Gasteiger partial charge >= 0.3 is 7.12 Å². The van der Waals surface area contributed by atoms with Crippen molar-refractivity contribution >= 4 is 31.3 Å². The lowest BCUT2D eigenvalue weighted by Crippen LogP contribution is -2.60. The van der Waals surface area contributed by atoms with Crippen LogP contribution in [0.4, 0.5) is 0 Å². The van der Waals surface area contributed by atoms with Crippen LogP contribution in [0.3, 0.4) is 0 Å². The van der Waals surface area contributed by atoms with Crippen molar-refractivity contribution in [1.82, 2.24) is 4.90 Å². The van der Waals surface area contributed by atoms with E-state index in [2.05, 4.69) is 79.0 Å². The van der Waals surface area contributed by atoms with Gasteiger partial charge in [-0.25, -0.2) is 0 Å². The Bertz CT molecular complexity index is 937. The fraction of sp³-hybridized carbons (Fsp3) is 0.308. The topological polar surface area (TPSA) is 52.9 Å². The molecule has 1 aliphatic heterocycles. The second kappa shape index (κ2) is 10.2. The second-order valence-electron chi connectivity index (χ2n) is 8.83. The van der Waals surface area contributed by atoms with Crippen LogP contribution >= 0.6 is 0 Å². The summed E-state index contributed by atoms with van der Waals surface area (Å²) in [5, 5.41) is 21.3. The standard InChI is InChI=1S/C26H32BNO3Si/c1-21(22-13-15-23(16-14-22)27(29)30)28-19-17-24(18-20-28)31-32(2,25-9-5-3-6-10-25)26-11-7-4-8-12-26/h3-16,21,24,29-30H,17-20H2,1-2H3. The van der Waals surface area contributed by atoms with Crippen LogP contribution in [0, 0.1) is 0 Å². The molecule has 0 amide bonds. The fourth-order valence-electron chi connectivity index (χ4n) is 4.69. The number of hydrogen-bond acceptors (Lipinski definition) is 4. The smallest absolute Gasteiger partial charge is 0.423 e. The second-order valence-corrected chi connectivity index (χ2v) is 12.3. The molecule has 1 saturated heterocycles. The Morgan fingerprint density at radius 3 is 1.81 bits per heavy atom. The average molecular weight is 445 g/mol. The lowest BCUT2D eigenvalue weighted by atomic mass is 9.80. The van der Waals surface area contributed by atoms with Crippen molar-refractivity contribution in [2.75, 3.05) is 13.1 Å².